The molecule has 2 nitrogen and oxygen atoms in total. The summed E-state index contributed by atoms with van der Waals surface area (Å²) in [7, 11) is 0. The van der Waals surface area contributed by atoms with Crippen LogP contribution in [0, 0.1) is 0 Å². The van der Waals surface area contributed by atoms with Crippen LogP contribution in [0.2, 0.25) is 5.02 Å². The molecule has 2 rings (SSSR count). The molecule has 1 aromatic carbocycles. The fraction of sp³-hybridized carbons (Fsp3) is 0.571. The lowest BCUT2D eigenvalue weighted by atomic mass is 9.93. The number of rotatable bonds is 3. The second-order valence-electron chi connectivity index (χ2n) is 5.04. The van der Waals surface area contributed by atoms with Gasteiger partial charge in [0.15, 0.2) is 0 Å². The van der Waals surface area contributed by atoms with E-state index in [1.807, 2.05) is 12.1 Å². The van der Waals surface area contributed by atoms with E-state index in [0.717, 1.165) is 37.6 Å². The molecule has 0 amide bonds. The van der Waals surface area contributed by atoms with E-state index in [-0.39, 0.29) is 5.54 Å². The van der Waals surface area contributed by atoms with Gasteiger partial charge in [0.25, 0.3) is 0 Å². The summed E-state index contributed by atoms with van der Waals surface area (Å²) < 4.78 is 0. The summed E-state index contributed by atoms with van der Waals surface area (Å²) in [6.45, 7) is 8.76. The van der Waals surface area contributed by atoms with Crippen molar-refractivity contribution in [1.82, 2.24) is 10.2 Å². The van der Waals surface area contributed by atoms with Crippen LogP contribution in [-0.4, -0.2) is 30.1 Å². The Labute approximate surface area is 109 Å². The van der Waals surface area contributed by atoms with Gasteiger partial charge >= 0.3 is 0 Å². The monoisotopic (exact) mass is 252 g/mol. The number of halogens is 1. The van der Waals surface area contributed by atoms with Gasteiger partial charge < -0.3 is 5.32 Å². The Balaban J connectivity index is 2.14. The van der Waals surface area contributed by atoms with Crippen LogP contribution in [0.3, 0.4) is 0 Å². The van der Waals surface area contributed by atoms with Crippen LogP contribution in [-0.2, 0) is 6.54 Å². The molecule has 1 atom stereocenters. The van der Waals surface area contributed by atoms with Crippen molar-refractivity contribution in [3.63, 3.8) is 0 Å². The van der Waals surface area contributed by atoms with E-state index in [2.05, 4.69) is 36.2 Å². The van der Waals surface area contributed by atoms with Gasteiger partial charge in [-0.25, -0.2) is 0 Å². The highest BCUT2D eigenvalue weighted by Crippen LogP contribution is 2.25. The zero-order valence-corrected chi connectivity index (χ0v) is 11.4. The highest BCUT2D eigenvalue weighted by atomic mass is 35.5. The molecule has 1 N–H and O–H groups in total. The van der Waals surface area contributed by atoms with Crippen molar-refractivity contribution in [1.29, 1.82) is 0 Å². The Morgan fingerprint density at radius 2 is 2.18 bits per heavy atom. The van der Waals surface area contributed by atoms with Crippen molar-refractivity contribution in [2.75, 3.05) is 19.6 Å². The van der Waals surface area contributed by atoms with Crippen molar-refractivity contribution in [3.8, 4) is 0 Å². The quantitative estimate of drug-likeness (QED) is 0.890. The molecule has 0 spiro atoms. The van der Waals surface area contributed by atoms with Crippen LogP contribution in [0.15, 0.2) is 24.3 Å². The van der Waals surface area contributed by atoms with Gasteiger partial charge in [0.2, 0.25) is 0 Å². The van der Waals surface area contributed by atoms with Crippen molar-refractivity contribution in [3.05, 3.63) is 34.9 Å². The Morgan fingerprint density at radius 1 is 1.41 bits per heavy atom. The van der Waals surface area contributed by atoms with Crippen LogP contribution in [0.25, 0.3) is 0 Å². The predicted octanol–water partition coefficient (Wildman–Crippen LogP) is 2.91. The summed E-state index contributed by atoms with van der Waals surface area (Å²) in [6, 6.07) is 8.15. The third-order valence-corrected chi connectivity index (χ3v) is 4.28. The molecule has 17 heavy (non-hydrogen) atoms. The SMILES string of the molecule is CCC1(C)CNCCN1Cc1ccccc1Cl. The average molecular weight is 253 g/mol. The van der Waals surface area contributed by atoms with E-state index >= 15 is 0 Å². The minimum Gasteiger partial charge on any atom is -0.314 e. The first kappa shape index (κ1) is 12.9. The van der Waals surface area contributed by atoms with Gasteiger partial charge in [0.05, 0.1) is 0 Å². The summed E-state index contributed by atoms with van der Waals surface area (Å²) >= 11 is 6.24. The summed E-state index contributed by atoms with van der Waals surface area (Å²) in [5.41, 5.74) is 1.48. The maximum atomic E-state index is 6.24. The Morgan fingerprint density at radius 3 is 2.88 bits per heavy atom. The van der Waals surface area contributed by atoms with Gasteiger partial charge in [-0.3, -0.25) is 4.90 Å². The summed E-state index contributed by atoms with van der Waals surface area (Å²) in [4.78, 5) is 2.55. The van der Waals surface area contributed by atoms with E-state index in [4.69, 9.17) is 11.6 Å². The van der Waals surface area contributed by atoms with Crippen LogP contribution >= 0.6 is 11.6 Å². The summed E-state index contributed by atoms with van der Waals surface area (Å²) in [5.74, 6) is 0. The fourth-order valence-corrected chi connectivity index (χ4v) is 2.60. The van der Waals surface area contributed by atoms with Crippen LogP contribution in [0.5, 0.6) is 0 Å². The summed E-state index contributed by atoms with van der Waals surface area (Å²) in [6.07, 6.45) is 1.16. The zero-order chi connectivity index (χ0) is 12.3. The fourth-order valence-electron chi connectivity index (χ4n) is 2.40. The molecular weight excluding hydrogens is 232 g/mol. The zero-order valence-electron chi connectivity index (χ0n) is 10.7. The molecule has 0 aliphatic carbocycles. The molecule has 1 aliphatic heterocycles. The van der Waals surface area contributed by atoms with Gasteiger partial charge in [0, 0.05) is 36.7 Å². The van der Waals surface area contributed by atoms with E-state index in [9.17, 15) is 0 Å². The molecule has 0 radical (unpaired) electrons. The normalized spacial score (nSPS) is 26.1. The van der Waals surface area contributed by atoms with Crippen LogP contribution in [0.1, 0.15) is 25.8 Å². The number of piperazine rings is 1. The minimum atomic E-state index is 0.247. The molecule has 0 aromatic heterocycles. The van der Waals surface area contributed by atoms with Gasteiger partial charge in [0.1, 0.15) is 0 Å². The average Bonchev–Trinajstić information content (AvgIpc) is 2.35. The predicted molar refractivity (Wildman–Crippen MR) is 73.4 cm³/mol. The van der Waals surface area contributed by atoms with Crippen LogP contribution < -0.4 is 5.32 Å². The second-order valence-corrected chi connectivity index (χ2v) is 5.45. The Bertz CT molecular complexity index is 380. The van der Waals surface area contributed by atoms with Gasteiger partial charge in [-0.15, -0.1) is 0 Å². The lowest BCUT2D eigenvalue weighted by molar-refractivity contribution is 0.0638. The molecule has 1 aliphatic rings. The smallest absolute Gasteiger partial charge is 0.0451 e. The molecule has 94 valence electrons. The number of nitrogens with one attached hydrogen (secondary N) is 1. The first-order valence-corrected chi connectivity index (χ1v) is 6.73. The Kier molecular flexibility index (Phi) is 4.08. The van der Waals surface area contributed by atoms with Crippen molar-refractivity contribution in [2.45, 2.75) is 32.4 Å². The molecule has 1 unspecified atom stereocenters. The second kappa shape index (κ2) is 5.38. The first-order chi connectivity index (χ1) is 8.15. The maximum absolute atomic E-state index is 6.24. The minimum absolute atomic E-state index is 0.247. The number of nitrogens with zero attached hydrogens (tertiary/aromatic N) is 1. The Hall–Kier alpha value is -0.570. The van der Waals surface area contributed by atoms with E-state index < -0.39 is 0 Å². The summed E-state index contributed by atoms with van der Waals surface area (Å²) in [5, 5.41) is 4.36. The molecule has 1 fully saturated rings. The first-order valence-electron chi connectivity index (χ1n) is 6.35. The molecule has 1 aromatic rings. The number of hydrogen-bond acceptors (Lipinski definition) is 2. The molecular formula is C14H21ClN2. The molecule has 0 saturated carbocycles. The van der Waals surface area contributed by atoms with E-state index in [1.165, 1.54) is 5.56 Å². The van der Waals surface area contributed by atoms with Gasteiger partial charge in [-0.1, -0.05) is 36.7 Å². The van der Waals surface area contributed by atoms with Crippen molar-refractivity contribution in [2.24, 2.45) is 0 Å². The van der Waals surface area contributed by atoms with E-state index in [1.54, 1.807) is 0 Å². The lowest BCUT2D eigenvalue weighted by Crippen LogP contribution is -2.58. The topological polar surface area (TPSA) is 15.3 Å². The number of hydrogen-bond donors (Lipinski definition) is 1. The van der Waals surface area contributed by atoms with Crippen molar-refractivity contribution < 1.29 is 0 Å². The highest BCUT2D eigenvalue weighted by molar-refractivity contribution is 6.31. The molecule has 1 saturated heterocycles. The third kappa shape index (κ3) is 2.82. The molecule has 3 heteroatoms. The van der Waals surface area contributed by atoms with Crippen LogP contribution in [0.4, 0.5) is 0 Å². The largest absolute Gasteiger partial charge is 0.314 e. The number of benzene rings is 1. The van der Waals surface area contributed by atoms with Gasteiger partial charge in [-0.05, 0) is 25.0 Å². The standard InChI is InChI=1S/C14H21ClN2/c1-3-14(2)11-16-8-9-17(14)10-12-6-4-5-7-13(12)15/h4-7,16H,3,8-11H2,1-2H3. The lowest BCUT2D eigenvalue weighted by Gasteiger charge is -2.45. The van der Waals surface area contributed by atoms with E-state index in [0.29, 0.717) is 0 Å². The molecule has 1 heterocycles. The third-order valence-electron chi connectivity index (χ3n) is 3.91. The molecule has 0 bridgehead atoms. The maximum Gasteiger partial charge on any atom is 0.0451 e. The highest BCUT2D eigenvalue weighted by Gasteiger charge is 2.32. The van der Waals surface area contributed by atoms with Crippen molar-refractivity contribution >= 4 is 11.6 Å². The van der Waals surface area contributed by atoms with Gasteiger partial charge in [-0.2, -0.15) is 0 Å².